The molecule has 0 saturated heterocycles. The van der Waals surface area contributed by atoms with Crippen LogP contribution in [0.25, 0.3) is 0 Å². The first-order valence-corrected chi connectivity index (χ1v) is 8.58. The highest BCUT2D eigenvalue weighted by Crippen LogP contribution is 2.20. The van der Waals surface area contributed by atoms with Crippen LogP contribution in [0.5, 0.6) is 0 Å². The maximum atomic E-state index is 13.2. The maximum Gasteiger partial charge on any atom is 0.256 e. The van der Waals surface area contributed by atoms with Gasteiger partial charge in [0.25, 0.3) is 5.91 Å². The Morgan fingerprint density at radius 2 is 1.88 bits per heavy atom. The Morgan fingerprint density at radius 1 is 1.12 bits per heavy atom. The normalized spacial score (nSPS) is 10.8. The number of amides is 1. The minimum absolute atomic E-state index is 0.211. The van der Waals surface area contributed by atoms with E-state index in [0.717, 1.165) is 22.4 Å². The van der Waals surface area contributed by atoms with Gasteiger partial charge in [-0.1, -0.05) is 23.7 Å². The van der Waals surface area contributed by atoms with Gasteiger partial charge in [0.15, 0.2) is 5.82 Å². The van der Waals surface area contributed by atoms with Crippen LogP contribution < -0.4 is 5.32 Å². The molecule has 1 aromatic heterocycles. The number of nitrogens with one attached hydrogen (secondary N) is 1. The first kappa shape index (κ1) is 18.1. The van der Waals surface area contributed by atoms with Crippen molar-refractivity contribution in [3.63, 3.8) is 0 Å². The first-order chi connectivity index (χ1) is 12.3. The van der Waals surface area contributed by atoms with E-state index in [4.69, 9.17) is 11.6 Å². The van der Waals surface area contributed by atoms with Crippen LogP contribution in [-0.4, -0.2) is 15.7 Å². The van der Waals surface area contributed by atoms with E-state index in [-0.39, 0.29) is 11.7 Å². The molecule has 0 atom stereocenters. The fraction of sp³-hybridized carbons (Fsp3) is 0.200. The molecule has 0 aliphatic carbocycles. The van der Waals surface area contributed by atoms with Crippen molar-refractivity contribution < 1.29 is 9.18 Å². The van der Waals surface area contributed by atoms with E-state index in [0.29, 0.717) is 22.9 Å². The number of nitrogens with zero attached hydrogens (tertiary/aromatic N) is 2. The lowest BCUT2D eigenvalue weighted by Crippen LogP contribution is -2.13. The lowest BCUT2D eigenvalue weighted by atomic mass is 10.1. The Bertz CT molecular complexity index is 981. The van der Waals surface area contributed by atoms with Crippen molar-refractivity contribution >= 4 is 23.3 Å². The summed E-state index contributed by atoms with van der Waals surface area (Å²) < 4.78 is 14.9. The van der Waals surface area contributed by atoms with Crippen LogP contribution in [0.15, 0.2) is 42.5 Å². The summed E-state index contributed by atoms with van der Waals surface area (Å²) in [5.74, 6) is -0.126. The third kappa shape index (κ3) is 3.94. The minimum Gasteiger partial charge on any atom is -0.305 e. The van der Waals surface area contributed by atoms with Crippen LogP contribution in [0.1, 0.15) is 32.7 Å². The molecule has 3 rings (SSSR count). The van der Waals surface area contributed by atoms with E-state index in [9.17, 15) is 9.18 Å². The lowest BCUT2D eigenvalue weighted by molar-refractivity contribution is 0.102. The lowest BCUT2D eigenvalue weighted by Gasteiger charge is -2.07. The van der Waals surface area contributed by atoms with Crippen LogP contribution in [-0.2, 0) is 6.54 Å². The van der Waals surface area contributed by atoms with E-state index in [1.807, 2.05) is 32.9 Å². The van der Waals surface area contributed by atoms with Gasteiger partial charge in [-0.3, -0.25) is 9.48 Å². The molecule has 0 aliphatic heterocycles. The Hall–Kier alpha value is -2.66. The Kier molecular flexibility index (Phi) is 5.09. The largest absolute Gasteiger partial charge is 0.305 e. The zero-order valence-corrected chi connectivity index (χ0v) is 15.6. The molecule has 4 nitrogen and oxygen atoms in total. The number of aromatic nitrogens is 2. The fourth-order valence-corrected chi connectivity index (χ4v) is 2.84. The van der Waals surface area contributed by atoms with E-state index in [1.165, 1.54) is 12.1 Å². The van der Waals surface area contributed by atoms with Gasteiger partial charge in [-0.25, -0.2) is 4.39 Å². The predicted molar refractivity (Wildman–Crippen MR) is 101 cm³/mol. The summed E-state index contributed by atoms with van der Waals surface area (Å²) in [4.78, 5) is 12.4. The molecule has 0 saturated carbocycles. The number of carbonyl (C=O) groups excluding carboxylic acids is 1. The van der Waals surface area contributed by atoms with Gasteiger partial charge in [0, 0.05) is 22.3 Å². The fourth-order valence-electron chi connectivity index (χ4n) is 2.61. The zero-order chi connectivity index (χ0) is 18.8. The highest BCUT2D eigenvalue weighted by Gasteiger charge is 2.12. The van der Waals surface area contributed by atoms with Crippen molar-refractivity contribution in [2.45, 2.75) is 27.3 Å². The number of carbonyl (C=O) groups is 1. The molecular weight excluding hydrogens is 353 g/mol. The molecule has 0 spiro atoms. The van der Waals surface area contributed by atoms with Gasteiger partial charge in [0.05, 0.1) is 6.54 Å². The Labute approximate surface area is 156 Å². The summed E-state index contributed by atoms with van der Waals surface area (Å²) in [5.41, 5.74) is 4.40. The number of hydrogen-bond acceptors (Lipinski definition) is 2. The molecule has 0 aliphatic rings. The molecule has 1 N–H and O–H groups in total. The molecule has 0 radical (unpaired) electrons. The third-order valence-electron chi connectivity index (χ3n) is 4.33. The molecular formula is C20H19ClFN3O. The minimum atomic E-state index is -0.378. The van der Waals surface area contributed by atoms with Crippen LogP contribution in [0.3, 0.4) is 0 Å². The van der Waals surface area contributed by atoms with Crippen molar-refractivity contribution in [3.8, 4) is 0 Å². The molecule has 26 heavy (non-hydrogen) atoms. The Balaban J connectivity index is 1.77. The summed E-state index contributed by atoms with van der Waals surface area (Å²) in [6.45, 7) is 6.25. The Morgan fingerprint density at radius 3 is 2.58 bits per heavy atom. The van der Waals surface area contributed by atoms with Gasteiger partial charge in [-0.2, -0.15) is 5.10 Å². The molecule has 6 heteroatoms. The van der Waals surface area contributed by atoms with Crippen LogP contribution >= 0.6 is 11.6 Å². The number of rotatable bonds is 4. The number of benzene rings is 2. The summed E-state index contributed by atoms with van der Waals surface area (Å²) in [5, 5.41) is 7.57. The molecule has 0 unspecified atom stereocenters. The molecule has 0 fully saturated rings. The summed E-state index contributed by atoms with van der Waals surface area (Å²) in [6, 6.07) is 11.6. The van der Waals surface area contributed by atoms with Crippen LogP contribution in [0.2, 0.25) is 5.02 Å². The van der Waals surface area contributed by atoms with E-state index in [2.05, 4.69) is 10.4 Å². The van der Waals surface area contributed by atoms with Crippen molar-refractivity contribution in [1.29, 1.82) is 0 Å². The van der Waals surface area contributed by atoms with Crippen molar-refractivity contribution in [3.05, 3.63) is 81.3 Å². The summed E-state index contributed by atoms with van der Waals surface area (Å²) >= 11 is 6.08. The second kappa shape index (κ2) is 7.30. The van der Waals surface area contributed by atoms with Gasteiger partial charge < -0.3 is 5.32 Å². The van der Waals surface area contributed by atoms with Gasteiger partial charge in [0.2, 0.25) is 0 Å². The summed E-state index contributed by atoms with van der Waals surface area (Å²) in [6.07, 6.45) is 0. The maximum absolute atomic E-state index is 13.2. The predicted octanol–water partition coefficient (Wildman–Crippen LogP) is 4.90. The first-order valence-electron chi connectivity index (χ1n) is 8.20. The second-order valence-electron chi connectivity index (χ2n) is 6.32. The number of halogens is 2. The SMILES string of the molecule is Cc1ccc(C(=O)Nc2cc(C)n(Cc3ccc(F)cc3Cl)n2)cc1C. The average Bonchev–Trinajstić information content (AvgIpc) is 2.92. The van der Waals surface area contributed by atoms with Gasteiger partial charge in [-0.05, 0) is 61.7 Å². The molecule has 134 valence electrons. The van der Waals surface area contributed by atoms with Crippen molar-refractivity contribution in [1.82, 2.24) is 9.78 Å². The smallest absolute Gasteiger partial charge is 0.256 e. The van der Waals surface area contributed by atoms with Crippen molar-refractivity contribution in [2.75, 3.05) is 5.32 Å². The quantitative estimate of drug-likeness (QED) is 0.708. The zero-order valence-electron chi connectivity index (χ0n) is 14.8. The van der Waals surface area contributed by atoms with E-state index in [1.54, 1.807) is 22.9 Å². The van der Waals surface area contributed by atoms with Gasteiger partial charge in [-0.15, -0.1) is 0 Å². The molecule has 2 aromatic carbocycles. The molecule has 1 amide bonds. The highest BCUT2D eigenvalue weighted by atomic mass is 35.5. The summed E-state index contributed by atoms with van der Waals surface area (Å²) in [7, 11) is 0. The second-order valence-corrected chi connectivity index (χ2v) is 6.72. The number of aryl methyl sites for hydroxylation is 3. The molecule has 3 aromatic rings. The topological polar surface area (TPSA) is 46.9 Å². The van der Waals surface area contributed by atoms with Gasteiger partial charge in [0.1, 0.15) is 5.82 Å². The van der Waals surface area contributed by atoms with Crippen molar-refractivity contribution in [2.24, 2.45) is 0 Å². The standard InChI is InChI=1S/C20H19ClFN3O/c1-12-4-5-15(8-13(12)2)20(26)23-19-9-14(3)25(24-19)11-16-6-7-17(22)10-18(16)21/h4-10H,11H2,1-3H3,(H,23,24,26). The van der Waals surface area contributed by atoms with Gasteiger partial charge >= 0.3 is 0 Å². The number of anilines is 1. The monoisotopic (exact) mass is 371 g/mol. The van der Waals surface area contributed by atoms with E-state index >= 15 is 0 Å². The van der Waals surface area contributed by atoms with Crippen LogP contribution in [0.4, 0.5) is 10.2 Å². The third-order valence-corrected chi connectivity index (χ3v) is 4.68. The average molecular weight is 372 g/mol. The van der Waals surface area contributed by atoms with Crippen LogP contribution in [0, 0.1) is 26.6 Å². The molecule has 1 heterocycles. The van der Waals surface area contributed by atoms with E-state index < -0.39 is 0 Å². The number of hydrogen-bond donors (Lipinski definition) is 1. The molecule has 0 bridgehead atoms. The highest BCUT2D eigenvalue weighted by molar-refractivity contribution is 6.31.